The first-order chi connectivity index (χ1) is 11.5. The molecule has 0 fully saturated rings. The van der Waals surface area contributed by atoms with Gasteiger partial charge in [-0.25, -0.2) is 0 Å². The molecule has 1 aromatic carbocycles. The molecule has 2 unspecified atom stereocenters. The maximum atomic E-state index is 12.3. The van der Waals surface area contributed by atoms with Crippen molar-refractivity contribution in [3.8, 4) is 5.75 Å². The lowest BCUT2D eigenvalue weighted by molar-refractivity contribution is -0.143. The van der Waals surface area contributed by atoms with Crippen LogP contribution in [0.4, 0.5) is 0 Å². The number of hydrogen-bond donors (Lipinski definition) is 1. The van der Waals surface area contributed by atoms with Crippen molar-refractivity contribution in [3.63, 3.8) is 0 Å². The van der Waals surface area contributed by atoms with Gasteiger partial charge in [0.25, 0.3) is 0 Å². The number of methoxy groups -OCH3 is 1. The van der Waals surface area contributed by atoms with Crippen molar-refractivity contribution in [2.75, 3.05) is 13.7 Å². The van der Waals surface area contributed by atoms with Gasteiger partial charge in [0.05, 0.1) is 26.2 Å². The zero-order valence-electron chi connectivity index (χ0n) is 15.1. The van der Waals surface area contributed by atoms with Gasteiger partial charge in [-0.05, 0) is 30.5 Å². The van der Waals surface area contributed by atoms with E-state index in [4.69, 9.17) is 9.47 Å². The molecule has 5 heteroatoms. The first-order valence-electron chi connectivity index (χ1n) is 8.59. The van der Waals surface area contributed by atoms with Gasteiger partial charge in [0, 0.05) is 6.42 Å². The molecule has 1 rings (SSSR count). The van der Waals surface area contributed by atoms with E-state index >= 15 is 0 Å². The van der Waals surface area contributed by atoms with Crippen molar-refractivity contribution in [1.82, 2.24) is 5.32 Å². The van der Waals surface area contributed by atoms with Gasteiger partial charge in [-0.1, -0.05) is 38.8 Å². The van der Waals surface area contributed by atoms with E-state index < -0.39 is 6.04 Å². The maximum absolute atomic E-state index is 12.3. The summed E-state index contributed by atoms with van der Waals surface area (Å²) in [6.07, 6.45) is 2.62. The molecule has 5 nitrogen and oxygen atoms in total. The topological polar surface area (TPSA) is 64.6 Å². The van der Waals surface area contributed by atoms with Crippen molar-refractivity contribution in [2.24, 2.45) is 5.92 Å². The van der Waals surface area contributed by atoms with Gasteiger partial charge in [0.2, 0.25) is 5.91 Å². The van der Waals surface area contributed by atoms with Gasteiger partial charge in [-0.2, -0.15) is 0 Å². The zero-order chi connectivity index (χ0) is 17.9. The van der Waals surface area contributed by atoms with E-state index in [1.54, 1.807) is 14.0 Å². The lowest BCUT2D eigenvalue weighted by Crippen LogP contribution is -2.31. The molecule has 0 aliphatic rings. The minimum Gasteiger partial charge on any atom is -0.497 e. The molecular weight excluding hydrogens is 306 g/mol. The summed E-state index contributed by atoms with van der Waals surface area (Å²) in [6.45, 7) is 6.26. The molecule has 24 heavy (non-hydrogen) atoms. The van der Waals surface area contributed by atoms with E-state index in [1.807, 2.05) is 24.3 Å². The van der Waals surface area contributed by atoms with Crippen LogP contribution in [0.15, 0.2) is 24.3 Å². The highest BCUT2D eigenvalue weighted by Crippen LogP contribution is 2.23. The average molecular weight is 335 g/mol. The van der Waals surface area contributed by atoms with E-state index in [1.165, 1.54) is 0 Å². The van der Waals surface area contributed by atoms with Crippen LogP contribution in [0.2, 0.25) is 0 Å². The van der Waals surface area contributed by atoms with Crippen molar-refractivity contribution >= 4 is 11.9 Å². The third kappa shape index (κ3) is 7.02. The zero-order valence-corrected chi connectivity index (χ0v) is 15.1. The monoisotopic (exact) mass is 335 g/mol. The number of rotatable bonds is 10. The fraction of sp³-hybridized carbons (Fsp3) is 0.579. The summed E-state index contributed by atoms with van der Waals surface area (Å²) in [5.74, 6) is 0.638. The standard InChI is InChI=1S/C19H29NO4/c1-5-8-14(3)11-18(21)20-17(13-19(22)24-6-2)15-9-7-10-16(12-15)23-4/h7,9-10,12,14,17H,5-6,8,11,13H2,1-4H3,(H,20,21). The van der Waals surface area contributed by atoms with Gasteiger partial charge in [-0.15, -0.1) is 0 Å². The lowest BCUT2D eigenvalue weighted by atomic mass is 10.00. The van der Waals surface area contributed by atoms with Crippen molar-refractivity contribution in [1.29, 1.82) is 0 Å². The van der Waals surface area contributed by atoms with E-state index in [2.05, 4.69) is 19.2 Å². The molecule has 0 aromatic heterocycles. The number of benzene rings is 1. The summed E-state index contributed by atoms with van der Waals surface area (Å²) >= 11 is 0. The minimum atomic E-state index is -0.416. The number of esters is 1. The Bertz CT molecular complexity index is 530. The first-order valence-corrected chi connectivity index (χ1v) is 8.59. The minimum absolute atomic E-state index is 0.0481. The molecule has 0 spiro atoms. The van der Waals surface area contributed by atoms with E-state index in [0.717, 1.165) is 18.4 Å². The average Bonchev–Trinajstić information content (AvgIpc) is 2.54. The fourth-order valence-corrected chi connectivity index (χ4v) is 2.66. The second kappa shape index (κ2) is 10.7. The van der Waals surface area contributed by atoms with Gasteiger partial charge in [0.1, 0.15) is 5.75 Å². The molecule has 1 N–H and O–H groups in total. The highest BCUT2D eigenvalue weighted by molar-refractivity contribution is 5.78. The Morgan fingerprint density at radius 2 is 1.96 bits per heavy atom. The van der Waals surface area contributed by atoms with Crippen LogP contribution in [0.5, 0.6) is 5.75 Å². The Hall–Kier alpha value is -2.04. The SMILES string of the molecule is CCCC(C)CC(=O)NC(CC(=O)OCC)c1cccc(OC)c1. The first kappa shape index (κ1) is 20.0. The predicted molar refractivity (Wildman–Crippen MR) is 93.8 cm³/mol. The van der Waals surface area contributed by atoms with Gasteiger partial charge >= 0.3 is 5.97 Å². The molecule has 0 saturated heterocycles. The quantitative estimate of drug-likeness (QED) is 0.663. The maximum Gasteiger partial charge on any atom is 0.308 e. The Kier molecular flexibility index (Phi) is 8.90. The van der Waals surface area contributed by atoms with Crippen molar-refractivity contribution < 1.29 is 19.1 Å². The second-order valence-corrected chi connectivity index (χ2v) is 6.00. The second-order valence-electron chi connectivity index (χ2n) is 6.00. The molecule has 1 amide bonds. The van der Waals surface area contributed by atoms with Crippen LogP contribution in [-0.2, 0) is 14.3 Å². The lowest BCUT2D eigenvalue weighted by Gasteiger charge is -2.20. The number of carbonyl (C=O) groups excluding carboxylic acids is 2. The van der Waals surface area contributed by atoms with E-state index in [9.17, 15) is 9.59 Å². The highest BCUT2D eigenvalue weighted by Gasteiger charge is 2.20. The van der Waals surface area contributed by atoms with Crippen molar-refractivity contribution in [2.45, 2.75) is 52.5 Å². The van der Waals surface area contributed by atoms with Crippen LogP contribution in [-0.4, -0.2) is 25.6 Å². The number of ether oxygens (including phenoxy) is 2. The van der Waals surface area contributed by atoms with Gasteiger partial charge in [-0.3, -0.25) is 9.59 Å². The molecule has 1 aromatic rings. The van der Waals surface area contributed by atoms with Crippen LogP contribution >= 0.6 is 0 Å². The van der Waals surface area contributed by atoms with E-state index in [0.29, 0.717) is 24.7 Å². The molecule has 0 saturated carbocycles. The Morgan fingerprint density at radius 3 is 2.58 bits per heavy atom. The van der Waals surface area contributed by atoms with Gasteiger partial charge in [0.15, 0.2) is 0 Å². The third-order valence-electron chi connectivity index (χ3n) is 3.82. The van der Waals surface area contributed by atoms with Crippen LogP contribution in [0.25, 0.3) is 0 Å². The molecule has 0 aliphatic carbocycles. The summed E-state index contributed by atoms with van der Waals surface area (Å²) in [7, 11) is 1.59. The molecule has 0 heterocycles. The highest BCUT2D eigenvalue weighted by atomic mass is 16.5. The Labute approximate surface area is 144 Å². The van der Waals surface area contributed by atoms with E-state index in [-0.39, 0.29) is 18.3 Å². The Balaban J connectivity index is 2.84. The van der Waals surface area contributed by atoms with Crippen LogP contribution < -0.4 is 10.1 Å². The molecule has 0 bridgehead atoms. The summed E-state index contributed by atoms with van der Waals surface area (Å²) in [6, 6.07) is 6.97. The number of carbonyl (C=O) groups is 2. The summed E-state index contributed by atoms with van der Waals surface area (Å²) < 4.78 is 10.3. The summed E-state index contributed by atoms with van der Waals surface area (Å²) in [5, 5.41) is 2.97. The summed E-state index contributed by atoms with van der Waals surface area (Å²) in [5.41, 5.74) is 0.832. The number of hydrogen-bond acceptors (Lipinski definition) is 4. The molecule has 0 aliphatic heterocycles. The fourth-order valence-electron chi connectivity index (χ4n) is 2.66. The van der Waals surface area contributed by atoms with Crippen molar-refractivity contribution in [3.05, 3.63) is 29.8 Å². The van der Waals surface area contributed by atoms with Crippen LogP contribution in [0, 0.1) is 5.92 Å². The largest absolute Gasteiger partial charge is 0.497 e. The molecule has 134 valence electrons. The number of amides is 1. The van der Waals surface area contributed by atoms with Crippen LogP contribution in [0.3, 0.4) is 0 Å². The molecule has 0 radical (unpaired) electrons. The summed E-state index contributed by atoms with van der Waals surface area (Å²) in [4.78, 5) is 24.2. The Morgan fingerprint density at radius 1 is 1.21 bits per heavy atom. The number of nitrogens with one attached hydrogen (secondary N) is 1. The molecular formula is C19H29NO4. The third-order valence-corrected chi connectivity index (χ3v) is 3.82. The predicted octanol–water partition coefficient (Wildman–Crippen LogP) is 3.63. The molecule has 2 atom stereocenters. The smallest absolute Gasteiger partial charge is 0.308 e. The normalized spacial score (nSPS) is 13.0. The van der Waals surface area contributed by atoms with Crippen LogP contribution in [0.1, 0.15) is 58.1 Å². The van der Waals surface area contributed by atoms with Gasteiger partial charge < -0.3 is 14.8 Å².